The molecule has 0 aromatic heterocycles. The SMILES string of the molecule is CC(N)C(c1cccc(F)c1)N(C)CC1CCC1. The van der Waals surface area contributed by atoms with E-state index in [1.807, 2.05) is 13.0 Å². The number of nitrogens with zero attached hydrogens (tertiary/aromatic N) is 1. The first-order valence-electron chi connectivity index (χ1n) is 6.79. The van der Waals surface area contributed by atoms with Crippen LogP contribution in [0, 0.1) is 11.7 Å². The summed E-state index contributed by atoms with van der Waals surface area (Å²) in [7, 11) is 2.09. The maximum atomic E-state index is 13.3. The van der Waals surface area contributed by atoms with Gasteiger partial charge in [-0.25, -0.2) is 4.39 Å². The van der Waals surface area contributed by atoms with Crippen LogP contribution in [0.25, 0.3) is 0 Å². The van der Waals surface area contributed by atoms with Crippen LogP contribution in [0.2, 0.25) is 0 Å². The van der Waals surface area contributed by atoms with Crippen LogP contribution >= 0.6 is 0 Å². The second-order valence-electron chi connectivity index (χ2n) is 5.60. The molecular weight excluding hydrogens is 227 g/mol. The molecule has 0 amide bonds. The number of likely N-dealkylation sites (N-methyl/N-ethyl adjacent to an activating group) is 1. The topological polar surface area (TPSA) is 29.3 Å². The third-order valence-electron chi connectivity index (χ3n) is 3.93. The first-order valence-corrected chi connectivity index (χ1v) is 6.79. The van der Waals surface area contributed by atoms with Gasteiger partial charge in [-0.05, 0) is 50.4 Å². The molecule has 2 rings (SSSR count). The lowest BCUT2D eigenvalue weighted by atomic mass is 9.84. The summed E-state index contributed by atoms with van der Waals surface area (Å²) in [6, 6.07) is 6.91. The third-order valence-corrected chi connectivity index (χ3v) is 3.93. The van der Waals surface area contributed by atoms with Crippen LogP contribution in [-0.4, -0.2) is 24.5 Å². The predicted molar refractivity (Wildman–Crippen MR) is 72.8 cm³/mol. The van der Waals surface area contributed by atoms with Gasteiger partial charge in [-0.3, -0.25) is 4.90 Å². The van der Waals surface area contributed by atoms with Gasteiger partial charge >= 0.3 is 0 Å². The van der Waals surface area contributed by atoms with E-state index in [1.165, 1.54) is 25.3 Å². The standard InChI is InChI=1S/C15H23FN2/c1-11(17)15(13-7-4-8-14(16)9-13)18(2)10-12-5-3-6-12/h4,7-9,11-12,15H,3,5-6,10,17H2,1-2H3. The lowest BCUT2D eigenvalue weighted by Crippen LogP contribution is -2.40. The van der Waals surface area contributed by atoms with Gasteiger partial charge in [0, 0.05) is 18.6 Å². The fourth-order valence-corrected chi connectivity index (χ4v) is 2.85. The molecule has 1 aromatic rings. The molecule has 0 spiro atoms. The molecule has 1 saturated carbocycles. The van der Waals surface area contributed by atoms with Gasteiger partial charge in [0.25, 0.3) is 0 Å². The summed E-state index contributed by atoms with van der Waals surface area (Å²) in [6.45, 7) is 3.05. The minimum atomic E-state index is -0.185. The van der Waals surface area contributed by atoms with E-state index in [0.29, 0.717) is 0 Å². The van der Waals surface area contributed by atoms with Gasteiger partial charge in [0.2, 0.25) is 0 Å². The van der Waals surface area contributed by atoms with Crippen LogP contribution in [0.5, 0.6) is 0 Å². The molecule has 3 heteroatoms. The molecule has 100 valence electrons. The number of hydrogen-bond donors (Lipinski definition) is 1. The fraction of sp³-hybridized carbons (Fsp3) is 0.600. The summed E-state index contributed by atoms with van der Waals surface area (Å²) in [4.78, 5) is 2.28. The first kappa shape index (κ1) is 13.5. The Morgan fingerprint density at radius 1 is 1.44 bits per heavy atom. The second kappa shape index (κ2) is 5.81. The number of rotatable bonds is 5. The molecule has 1 aliphatic carbocycles. The van der Waals surface area contributed by atoms with Gasteiger partial charge in [0.15, 0.2) is 0 Å². The van der Waals surface area contributed by atoms with Crippen molar-refractivity contribution in [3.63, 3.8) is 0 Å². The van der Waals surface area contributed by atoms with Crippen molar-refractivity contribution >= 4 is 0 Å². The molecule has 2 unspecified atom stereocenters. The van der Waals surface area contributed by atoms with Crippen LogP contribution in [0.1, 0.15) is 37.8 Å². The van der Waals surface area contributed by atoms with Gasteiger partial charge < -0.3 is 5.73 Å². The van der Waals surface area contributed by atoms with E-state index in [2.05, 4.69) is 11.9 Å². The molecule has 2 nitrogen and oxygen atoms in total. The van der Waals surface area contributed by atoms with Crippen molar-refractivity contribution in [1.29, 1.82) is 0 Å². The molecule has 1 aliphatic rings. The summed E-state index contributed by atoms with van der Waals surface area (Å²) >= 11 is 0. The molecule has 0 radical (unpaired) electrons. The zero-order chi connectivity index (χ0) is 13.1. The Morgan fingerprint density at radius 2 is 2.17 bits per heavy atom. The number of hydrogen-bond acceptors (Lipinski definition) is 2. The van der Waals surface area contributed by atoms with E-state index in [9.17, 15) is 4.39 Å². The van der Waals surface area contributed by atoms with Gasteiger partial charge in [-0.1, -0.05) is 18.6 Å². The Labute approximate surface area is 109 Å². The Balaban J connectivity index is 2.11. The third kappa shape index (κ3) is 3.09. The molecule has 2 atom stereocenters. The van der Waals surface area contributed by atoms with Crippen LogP contribution in [0.3, 0.4) is 0 Å². The van der Waals surface area contributed by atoms with Crippen LogP contribution < -0.4 is 5.73 Å². The van der Waals surface area contributed by atoms with E-state index in [1.54, 1.807) is 12.1 Å². The Hall–Kier alpha value is -0.930. The molecule has 18 heavy (non-hydrogen) atoms. The van der Waals surface area contributed by atoms with Crippen molar-refractivity contribution in [3.05, 3.63) is 35.6 Å². The summed E-state index contributed by atoms with van der Waals surface area (Å²) in [6.07, 6.45) is 3.99. The monoisotopic (exact) mass is 250 g/mol. The number of benzene rings is 1. The normalized spacial score (nSPS) is 19.6. The lowest BCUT2D eigenvalue weighted by molar-refractivity contribution is 0.148. The van der Waals surface area contributed by atoms with Crippen molar-refractivity contribution in [3.8, 4) is 0 Å². The highest BCUT2D eigenvalue weighted by molar-refractivity contribution is 5.21. The quantitative estimate of drug-likeness (QED) is 0.870. The number of nitrogens with two attached hydrogens (primary N) is 1. The molecule has 0 saturated heterocycles. The molecule has 0 bridgehead atoms. The van der Waals surface area contributed by atoms with Gasteiger partial charge in [-0.15, -0.1) is 0 Å². The highest BCUT2D eigenvalue weighted by Gasteiger charge is 2.26. The summed E-state index contributed by atoms with van der Waals surface area (Å²) in [5.41, 5.74) is 7.07. The van der Waals surface area contributed by atoms with Crippen LogP contribution in [-0.2, 0) is 0 Å². The highest BCUT2D eigenvalue weighted by Crippen LogP contribution is 2.30. The molecule has 0 heterocycles. The van der Waals surface area contributed by atoms with Crippen molar-refractivity contribution in [1.82, 2.24) is 4.90 Å². The first-order chi connectivity index (χ1) is 8.58. The van der Waals surface area contributed by atoms with Gasteiger partial charge in [0.1, 0.15) is 5.82 Å². The van der Waals surface area contributed by atoms with Crippen LogP contribution in [0.15, 0.2) is 24.3 Å². The van der Waals surface area contributed by atoms with Crippen molar-refractivity contribution < 1.29 is 4.39 Å². The Bertz CT molecular complexity index is 388. The largest absolute Gasteiger partial charge is 0.326 e. The zero-order valence-corrected chi connectivity index (χ0v) is 11.3. The van der Waals surface area contributed by atoms with E-state index in [-0.39, 0.29) is 17.9 Å². The second-order valence-corrected chi connectivity index (χ2v) is 5.60. The maximum absolute atomic E-state index is 13.3. The van der Waals surface area contributed by atoms with E-state index in [4.69, 9.17) is 5.73 Å². The number of halogens is 1. The van der Waals surface area contributed by atoms with E-state index < -0.39 is 0 Å². The average Bonchev–Trinajstić information content (AvgIpc) is 2.23. The summed E-state index contributed by atoms with van der Waals surface area (Å²) in [5.74, 6) is 0.611. The predicted octanol–water partition coefficient (Wildman–Crippen LogP) is 2.95. The molecule has 1 aromatic carbocycles. The zero-order valence-electron chi connectivity index (χ0n) is 11.3. The van der Waals surface area contributed by atoms with Crippen molar-refractivity contribution in [2.45, 2.75) is 38.3 Å². The minimum absolute atomic E-state index is 0.00289. The Morgan fingerprint density at radius 3 is 2.67 bits per heavy atom. The maximum Gasteiger partial charge on any atom is 0.123 e. The molecule has 0 aliphatic heterocycles. The van der Waals surface area contributed by atoms with E-state index >= 15 is 0 Å². The van der Waals surface area contributed by atoms with Gasteiger partial charge in [-0.2, -0.15) is 0 Å². The Kier molecular flexibility index (Phi) is 4.36. The van der Waals surface area contributed by atoms with Crippen molar-refractivity contribution in [2.24, 2.45) is 11.7 Å². The molecule has 2 N–H and O–H groups in total. The average molecular weight is 250 g/mol. The molecular formula is C15H23FN2. The molecule has 1 fully saturated rings. The fourth-order valence-electron chi connectivity index (χ4n) is 2.85. The lowest BCUT2D eigenvalue weighted by Gasteiger charge is -2.36. The van der Waals surface area contributed by atoms with Gasteiger partial charge in [0.05, 0.1) is 0 Å². The summed E-state index contributed by atoms with van der Waals surface area (Å²) in [5, 5.41) is 0. The smallest absolute Gasteiger partial charge is 0.123 e. The minimum Gasteiger partial charge on any atom is -0.326 e. The van der Waals surface area contributed by atoms with E-state index in [0.717, 1.165) is 18.0 Å². The summed E-state index contributed by atoms with van der Waals surface area (Å²) < 4.78 is 13.3. The highest BCUT2D eigenvalue weighted by atomic mass is 19.1. The van der Waals surface area contributed by atoms with Crippen molar-refractivity contribution in [2.75, 3.05) is 13.6 Å². The van der Waals surface area contributed by atoms with Crippen LogP contribution in [0.4, 0.5) is 4.39 Å².